The fraction of sp³-hybridized carbons (Fsp3) is 0.167. The summed E-state index contributed by atoms with van der Waals surface area (Å²) in [7, 11) is 1.97. The molecule has 17 heavy (non-hydrogen) atoms. The number of nitrogen functional groups attached to an aromatic ring is 1. The average molecular weight is 340 g/mol. The molecule has 4 nitrogen and oxygen atoms in total. The van der Waals surface area contributed by atoms with Gasteiger partial charge in [0, 0.05) is 35.2 Å². The van der Waals surface area contributed by atoms with Gasteiger partial charge in [0.1, 0.15) is 0 Å². The molecule has 0 amide bonds. The first kappa shape index (κ1) is 12.1. The Morgan fingerprint density at radius 3 is 2.35 bits per heavy atom. The minimum Gasteiger partial charge on any atom is -0.399 e. The van der Waals surface area contributed by atoms with Gasteiger partial charge in [-0.2, -0.15) is 0 Å². The van der Waals surface area contributed by atoms with Crippen LogP contribution in [0.15, 0.2) is 36.7 Å². The Morgan fingerprint density at radius 2 is 1.76 bits per heavy atom. The highest BCUT2D eigenvalue weighted by atomic mass is 127. The monoisotopic (exact) mass is 340 g/mol. The second-order valence-electron chi connectivity index (χ2n) is 3.80. The second-order valence-corrected chi connectivity index (χ2v) is 5.04. The van der Waals surface area contributed by atoms with Gasteiger partial charge in [-0.3, -0.25) is 0 Å². The van der Waals surface area contributed by atoms with Gasteiger partial charge in [0.15, 0.2) is 0 Å². The number of aromatic nitrogens is 2. The Kier molecular flexibility index (Phi) is 3.78. The molecule has 0 radical (unpaired) electrons. The van der Waals surface area contributed by atoms with E-state index in [-0.39, 0.29) is 0 Å². The molecule has 0 aliphatic heterocycles. The molecule has 1 aromatic heterocycles. The van der Waals surface area contributed by atoms with E-state index in [4.69, 9.17) is 5.73 Å². The number of hydrogen-bond donors (Lipinski definition) is 1. The third-order valence-electron chi connectivity index (χ3n) is 2.35. The van der Waals surface area contributed by atoms with Crippen molar-refractivity contribution in [3.8, 4) is 0 Å². The van der Waals surface area contributed by atoms with E-state index >= 15 is 0 Å². The van der Waals surface area contributed by atoms with Crippen LogP contribution >= 0.6 is 22.6 Å². The zero-order valence-corrected chi connectivity index (χ0v) is 11.6. The molecule has 0 atom stereocenters. The molecule has 0 saturated heterocycles. The van der Waals surface area contributed by atoms with Gasteiger partial charge in [-0.25, -0.2) is 9.97 Å². The topological polar surface area (TPSA) is 55.0 Å². The van der Waals surface area contributed by atoms with Crippen molar-refractivity contribution < 1.29 is 0 Å². The van der Waals surface area contributed by atoms with Crippen LogP contribution in [0.5, 0.6) is 0 Å². The fourth-order valence-corrected chi connectivity index (χ4v) is 1.75. The van der Waals surface area contributed by atoms with E-state index < -0.39 is 0 Å². The van der Waals surface area contributed by atoms with Crippen molar-refractivity contribution in [3.63, 3.8) is 0 Å². The van der Waals surface area contributed by atoms with E-state index in [0.29, 0.717) is 0 Å². The Balaban J connectivity index is 2.08. The second kappa shape index (κ2) is 5.31. The summed E-state index contributed by atoms with van der Waals surface area (Å²) in [5.41, 5.74) is 7.61. The van der Waals surface area contributed by atoms with Gasteiger partial charge >= 0.3 is 0 Å². The molecule has 0 unspecified atom stereocenters. The molecule has 0 aliphatic rings. The number of hydrogen-bond acceptors (Lipinski definition) is 4. The third kappa shape index (κ3) is 3.29. The number of nitrogens with two attached hydrogens (primary N) is 1. The lowest BCUT2D eigenvalue weighted by Crippen LogP contribution is -2.18. The maximum atomic E-state index is 5.65. The van der Waals surface area contributed by atoms with Gasteiger partial charge in [0.05, 0.1) is 0 Å². The molecule has 0 bridgehead atoms. The van der Waals surface area contributed by atoms with E-state index in [9.17, 15) is 0 Å². The van der Waals surface area contributed by atoms with Crippen molar-refractivity contribution in [3.05, 3.63) is 45.8 Å². The average Bonchev–Trinajstić information content (AvgIpc) is 2.33. The van der Waals surface area contributed by atoms with Gasteiger partial charge < -0.3 is 10.6 Å². The standard InChI is InChI=1S/C12H13IN4/c1-17(12-15-6-10(13)7-16-12)8-9-2-4-11(14)5-3-9/h2-7H,8,14H2,1H3. The lowest BCUT2D eigenvalue weighted by atomic mass is 10.2. The first-order valence-corrected chi connectivity index (χ1v) is 6.26. The summed E-state index contributed by atoms with van der Waals surface area (Å²) >= 11 is 2.19. The summed E-state index contributed by atoms with van der Waals surface area (Å²) in [5, 5.41) is 0. The Morgan fingerprint density at radius 1 is 1.18 bits per heavy atom. The van der Waals surface area contributed by atoms with Crippen LogP contribution in [0, 0.1) is 3.57 Å². The highest BCUT2D eigenvalue weighted by molar-refractivity contribution is 14.1. The number of anilines is 2. The van der Waals surface area contributed by atoms with Crippen LogP contribution in [-0.2, 0) is 6.54 Å². The van der Waals surface area contributed by atoms with Crippen molar-refractivity contribution in [2.45, 2.75) is 6.54 Å². The summed E-state index contributed by atoms with van der Waals surface area (Å²) in [4.78, 5) is 10.6. The largest absolute Gasteiger partial charge is 0.399 e. The normalized spacial score (nSPS) is 10.2. The Hall–Kier alpha value is -1.37. The smallest absolute Gasteiger partial charge is 0.225 e. The summed E-state index contributed by atoms with van der Waals surface area (Å²) in [6.45, 7) is 0.765. The SMILES string of the molecule is CN(Cc1ccc(N)cc1)c1ncc(I)cn1. The molecule has 0 saturated carbocycles. The van der Waals surface area contributed by atoms with E-state index in [0.717, 1.165) is 21.8 Å². The van der Waals surface area contributed by atoms with Gasteiger partial charge in [0.25, 0.3) is 0 Å². The first-order chi connectivity index (χ1) is 8.15. The molecular weight excluding hydrogens is 327 g/mol. The van der Waals surface area contributed by atoms with Crippen LogP contribution in [0.25, 0.3) is 0 Å². The molecule has 0 spiro atoms. The molecule has 5 heteroatoms. The van der Waals surface area contributed by atoms with Gasteiger partial charge in [-0.05, 0) is 40.3 Å². The molecule has 1 aromatic carbocycles. The van der Waals surface area contributed by atoms with Gasteiger partial charge in [-0.1, -0.05) is 12.1 Å². The van der Waals surface area contributed by atoms with Gasteiger partial charge in [-0.15, -0.1) is 0 Å². The predicted octanol–water partition coefficient (Wildman–Crippen LogP) is 2.30. The summed E-state index contributed by atoms with van der Waals surface area (Å²) in [5.74, 6) is 0.724. The zero-order valence-electron chi connectivity index (χ0n) is 9.47. The number of rotatable bonds is 3. The van der Waals surface area contributed by atoms with Crippen molar-refractivity contribution >= 4 is 34.2 Å². The summed E-state index contributed by atoms with van der Waals surface area (Å²) in [6, 6.07) is 7.83. The van der Waals surface area contributed by atoms with Crippen LogP contribution in [0.1, 0.15) is 5.56 Å². The van der Waals surface area contributed by atoms with Crippen LogP contribution in [0.3, 0.4) is 0 Å². The molecule has 0 aliphatic carbocycles. The van der Waals surface area contributed by atoms with Crippen LogP contribution < -0.4 is 10.6 Å². The molecule has 88 valence electrons. The number of benzene rings is 1. The lowest BCUT2D eigenvalue weighted by molar-refractivity contribution is 0.865. The predicted molar refractivity (Wildman–Crippen MR) is 77.7 cm³/mol. The van der Waals surface area contributed by atoms with Crippen molar-refractivity contribution in [2.75, 3.05) is 17.7 Å². The first-order valence-electron chi connectivity index (χ1n) is 5.18. The van der Waals surface area contributed by atoms with Crippen molar-refractivity contribution in [1.29, 1.82) is 0 Å². The van der Waals surface area contributed by atoms with Crippen LogP contribution in [0.4, 0.5) is 11.6 Å². The van der Waals surface area contributed by atoms with E-state index in [1.54, 1.807) is 0 Å². The molecule has 2 N–H and O–H groups in total. The molecule has 2 aromatic rings. The van der Waals surface area contributed by atoms with E-state index in [2.05, 4.69) is 32.6 Å². The number of halogens is 1. The minimum atomic E-state index is 0.724. The maximum absolute atomic E-state index is 5.65. The van der Waals surface area contributed by atoms with E-state index in [1.807, 2.05) is 48.6 Å². The van der Waals surface area contributed by atoms with Gasteiger partial charge in [0.2, 0.25) is 5.95 Å². The zero-order chi connectivity index (χ0) is 12.3. The Labute approximate surface area is 114 Å². The highest BCUT2D eigenvalue weighted by Gasteiger charge is 2.04. The summed E-state index contributed by atoms with van der Waals surface area (Å²) < 4.78 is 1.03. The quantitative estimate of drug-likeness (QED) is 0.688. The highest BCUT2D eigenvalue weighted by Crippen LogP contribution is 2.12. The lowest BCUT2D eigenvalue weighted by Gasteiger charge is -2.16. The minimum absolute atomic E-state index is 0.724. The molecule has 1 heterocycles. The third-order valence-corrected chi connectivity index (χ3v) is 2.90. The maximum Gasteiger partial charge on any atom is 0.225 e. The fourth-order valence-electron chi connectivity index (χ4n) is 1.47. The summed E-state index contributed by atoms with van der Waals surface area (Å²) in [6.07, 6.45) is 3.62. The molecular formula is C12H13IN4. The van der Waals surface area contributed by atoms with Crippen LogP contribution in [0.2, 0.25) is 0 Å². The number of nitrogens with zero attached hydrogens (tertiary/aromatic N) is 3. The van der Waals surface area contributed by atoms with Crippen molar-refractivity contribution in [1.82, 2.24) is 9.97 Å². The van der Waals surface area contributed by atoms with Crippen LogP contribution in [-0.4, -0.2) is 17.0 Å². The van der Waals surface area contributed by atoms with Crippen molar-refractivity contribution in [2.24, 2.45) is 0 Å². The molecule has 2 rings (SSSR count). The Bertz CT molecular complexity index is 481. The van der Waals surface area contributed by atoms with E-state index in [1.165, 1.54) is 5.56 Å². The molecule has 0 fully saturated rings.